The Morgan fingerprint density at radius 2 is 2.00 bits per heavy atom. The van der Waals surface area contributed by atoms with Gasteiger partial charge in [-0.3, -0.25) is 14.6 Å². The summed E-state index contributed by atoms with van der Waals surface area (Å²) in [7, 11) is 0. The fourth-order valence-corrected chi connectivity index (χ4v) is 0.608. The van der Waals surface area contributed by atoms with Gasteiger partial charge in [-0.2, -0.15) is 0 Å². The Labute approximate surface area is 57.3 Å². The van der Waals surface area contributed by atoms with Gasteiger partial charge in [-0.1, -0.05) is 12.1 Å². The fraction of sp³-hybridized carbons (Fsp3) is 0.143. The van der Waals surface area contributed by atoms with Gasteiger partial charge in [0.2, 0.25) is 0 Å². The van der Waals surface area contributed by atoms with Crippen LogP contribution in [0.15, 0.2) is 27.8 Å². The van der Waals surface area contributed by atoms with Gasteiger partial charge in [0.25, 0.3) is 11.1 Å². The van der Waals surface area contributed by atoms with Crippen LogP contribution in [0.2, 0.25) is 0 Å². The molecule has 0 bridgehead atoms. The van der Waals surface area contributed by atoms with Crippen molar-refractivity contribution in [3.05, 3.63) is 44.5 Å². The summed E-state index contributed by atoms with van der Waals surface area (Å²) in [6.07, 6.45) is 0. The van der Waals surface area contributed by atoms with Crippen molar-refractivity contribution in [1.82, 2.24) is 4.98 Å². The van der Waals surface area contributed by atoms with Gasteiger partial charge < -0.3 is 0 Å². The van der Waals surface area contributed by atoms with E-state index in [0.29, 0.717) is 5.56 Å². The van der Waals surface area contributed by atoms with Gasteiger partial charge >= 0.3 is 0 Å². The van der Waals surface area contributed by atoms with Gasteiger partial charge in [0.05, 0.1) is 0 Å². The van der Waals surface area contributed by atoms with Crippen molar-refractivity contribution < 1.29 is 0 Å². The number of nitrogens with one attached hydrogen (secondary N) is 1. The van der Waals surface area contributed by atoms with Gasteiger partial charge in [-0.15, -0.1) is 0 Å². The maximum Gasteiger partial charge on any atom is 0.253 e. The Morgan fingerprint density at radius 1 is 1.30 bits per heavy atom. The van der Waals surface area contributed by atoms with E-state index < -0.39 is 0 Å². The maximum atomic E-state index is 10.8. The Kier molecular flexibility index (Phi) is 1.67. The van der Waals surface area contributed by atoms with Crippen LogP contribution in [0, 0.1) is 6.92 Å². The summed E-state index contributed by atoms with van der Waals surface area (Å²) >= 11 is 0. The van der Waals surface area contributed by atoms with Crippen LogP contribution in [-0.2, 0) is 0 Å². The van der Waals surface area contributed by atoms with E-state index in [1.807, 2.05) is 0 Å². The Bertz CT molecular complexity index is 340. The molecule has 1 N–H and O–H groups in total. The van der Waals surface area contributed by atoms with Crippen molar-refractivity contribution in [2.45, 2.75) is 6.92 Å². The lowest BCUT2D eigenvalue weighted by Gasteiger charge is -1.74. The Balaban J connectivity index is 3.62. The molecule has 3 heteroatoms. The summed E-state index contributed by atoms with van der Waals surface area (Å²) in [5.74, 6) is 0. The maximum absolute atomic E-state index is 10.8. The fourth-order valence-electron chi connectivity index (χ4n) is 0.608. The molecule has 1 aromatic rings. The Morgan fingerprint density at radius 3 is 2.70 bits per heavy atom. The van der Waals surface area contributed by atoms with Gasteiger partial charge in [0.1, 0.15) is 0 Å². The minimum absolute atomic E-state index is 0.324. The van der Waals surface area contributed by atoms with Crippen LogP contribution in [0.1, 0.15) is 5.56 Å². The molecule has 52 valence electrons. The second kappa shape index (κ2) is 2.47. The molecule has 0 aliphatic carbocycles. The van der Waals surface area contributed by atoms with Crippen LogP contribution < -0.4 is 11.1 Å². The van der Waals surface area contributed by atoms with Gasteiger partial charge in [0.15, 0.2) is 0 Å². The van der Waals surface area contributed by atoms with E-state index in [4.69, 9.17) is 0 Å². The van der Waals surface area contributed by atoms with Crippen LogP contribution in [0.3, 0.4) is 0 Å². The number of aryl methyl sites for hydroxylation is 1. The lowest BCUT2D eigenvalue weighted by molar-refractivity contribution is 1.17. The molecule has 0 unspecified atom stereocenters. The summed E-state index contributed by atoms with van der Waals surface area (Å²) in [6.45, 7) is 1.65. The van der Waals surface area contributed by atoms with Gasteiger partial charge in [0, 0.05) is 11.6 Å². The summed E-state index contributed by atoms with van der Waals surface area (Å²) < 4.78 is 0. The summed E-state index contributed by atoms with van der Waals surface area (Å²) in [6, 6.07) is 4.46. The highest BCUT2D eigenvalue weighted by atomic mass is 16.2. The normalized spacial score (nSPS) is 9.30. The van der Waals surface area contributed by atoms with Crippen LogP contribution in [0.5, 0.6) is 0 Å². The second-order valence-corrected chi connectivity index (χ2v) is 2.03. The number of hydrogen-bond acceptors (Lipinski definition) is 2. The minimum Gasteiger partial charge on any atom is -0.289 e. The van der Waals surface area contributed by atoms with Crippen molar-refractivity contribution in [2.75, 3.05) is 0 Å². The predicted molar refractivity (Wildman–Crippen MR) is 38.1 cm³/mol. The van der Waals surface area contributed by atoms with E-state index in [0.717, 1.165) is 0 Å². The van der Waals surface area contributed by atoms with Crippen molar-refractivity contribution in [3.63, 3.8) is 0 Å². The van der Waals surface area contributed by atoms with Crippen molar-refractivity contribution in [1.29, 1.82) is 0 Å². The SMILES string of the molecule is Cc1cccc(=O)[nH]c1=O. The molecule has 0 saturated heterocycles. The molecule has 10 heavy (non-hydrogen) atoms. The van der Waals surface area contributed by atoms with E-state index in [1.165, 1.54) is 6.07 Å². The highest BCUT2D eigenvalue weighted by Crippen LogP contribution is 1.78. The summed E-state index contributed by atoms with van der Waals surface area (Å²) in [5.41, 5.74) is -0.143. The molecule has 1 heterocycles. The zero-order valence-corrected chi connectivity index (χ0v) is 5.55. The third-order valence-corrected chi connectivity index (χ3v) is 1.19. The average molecular weight is 137 g/mol. The summed E-state index contributed by atoms with van der Waals surface area (Å²) in [5, 5.41) is 0. The van der Waals surface area contributed by atoms with Crippen LogP contribution in [0.4, 0.5) is 0 Å². The molecule has 1 rings (SSSR count). The van der Waals surface area contributed by atoms with E-state index in [9.17, 15) is 9.59 Å². The topological polar surface area (TPSA) is 49.9 Å². The highest BCUT2D eigenvalue weighted by Gasteiger charge is 1.86. The number of aromatic nitrogens is 1. The standard InChI is InChI=1S/C7H7NO2/c1-5-3-2-4-6(9)8-7(5)10/h2-4H,1H3,(H,8,9,10). The zero-order valence-electron chi connectivity index (χ0n) is 5.55. The third kappa shape index (κ3) is 1.31. The molecule has 0 saturated carbocycles. The predicted octanol–water partition coefficient (Wildman–Crippen LogP) is 0.0435. The summed E-state index contributed by atoms with van der Waals surface area (Å²) in [4.78, 5) is 23.5. The number of aromatic amines is 1. The quantitative estimate of drug-likeness (QED) is 0.549. The van der Waals surface area contributed by atoms with Crippen LogP contribution in [0.25, 0.3) is 0 Å². The zero-order chi connectivity index (χ0) is 7.56. The van der Waals surface area contributed by atoms with Crippen LogP contribution in [-0.4, -0.2) is 4.98 Å². The number of rotatable bonds is 0. The smallest absolute Gasteiger partial charge is 0.253 e. The van der Waals surface area contributed by atoms with Crippen molar-refractivity contribution >= 4 is 0 Å². The minimum atomic E-state index is -0.363. The van der Waals surface area contributed by atoms with Crippen molar-refractivity contribution in [3.8, 4) is 0 Å². The van der Waals surface area contributed by atoms with Crippen molar-refractivity contribution in [2.24, 2.45) is 0 Å². The molecule has 0 fully saturated rings. The molecule has 0 radical (unpaired) electrons. The molecular formula is C7H7NO2. The molecule has 0 atom stereocenters. The molecule has 1 aromatic heterocycles. The van der Waals surface area contributed by atoms with E-state index in [2.05, 4.69) is 4.98 Å². The molecule has 0 aliphatic rings. The lowest BCUT2D eigenvalue weighted by atomic mass is 10.3. The van der Waals surface area contributed by atoms with Crippen LogP contribution >= 0.6 is 0 Å². The monoisotopic (exact) mass is 137 g/mol. The highest BCUT2D eigenvalue weighted by molar-refractivity contribution is 5.05. The Hall–Kier alpha value is -1.38. The average Bonchev–Trinajstić information content (AvgIpc) is 1.96. The number of H-pyrrole nitrogens is 1. The second-order valence-electron chi connectivity index (χ2n) is 2.03. The molecule has 0 spiro atoms. The third-order valence-electron chi connectivity index (χ3n) is 1.19. The van der Waals surface area contributed by atoms with E-state index in [-0.39, 0.29) is 11.1 Å². The van der Waals surface area contributed by atoms with E-state index in [1.54, 1.807) is 19.1 Å². The molecule has 0 aromatic carbocycles. The molecular weight excluding hydrogens is 130 g/mol. The van der Waals surface area contributed by atoms with Gasteiger partial charge in [-0.25, -0.2) is 0 Å². The molecule has 0 aliphatic heterocycles. The first-order chi connectivity index (χ1) is 4.70. The van der Waals surface area contributed by atoms with Gasteiger partial charge in [-0.05, 0) is 6.92 Å². The van der Waals surface area contributed by atoms with E-state index >= 15 is 0 Å². The first kappa shape index (κ1) is 6.74. The first-order valence-corrected chi connectivity index (χ1v) is 2.90. The number of hydrogen-bond donors (Lipinski definition) is 1. The molecule has 3 nitrogen and oxygen atoms in total. The largest absolute Gasteiger partial charge is 0.289 e. The molecule has 0 amide bonds. The first-order valence-electron chi connectivity index (χ1n) is 2.90. The lowest BCUT2D eigenvalue weighted by Crippen LogP contribution is -2.14.